The van der Waals surface area contributed by atoms with Gasteiger partial charge in [-0.05, 0) is 13.0 Å². The molecule has 0 N–H and O–H groups in total. The Morgan fingerprint density at radius 2 is 2.17 bits per heavy atom. The van der Waals surface area contributed by atoms with Crippen LogP contribution in [0.1, 0.15) is 29.6 Å². The third-order valence-electron chi connectivity index (χ3n) is 3.79. The van der Waals surface area contributed by atoms with E-state index in [1.54, 1.807) is 0 Å². The van der Waals surface area contributed by atoms with Gasteiger partial charge in [0.2, 0.25) is 5.89 Å². The number of hydrogen-bond donors (Lipinski definition) is 0. The number of rotatable bonds is 4. The van der Waals surface area contributed by atoms with Gasteiger partial charge >= 0.3 is 6.18 Å². The molecule has 126 valence electrons. The molecule has 1 aliphatic rings. The number of aryl methyl sites for hydroxylation is 1. The van der Waals surface area contributed by atoms with Crippen molar-refractivity contribution in [3.8, 4) is 0 Å². The van der Waals surface area contributed by atoms with Gasteiger partial charge in [-0.1, -0.05) is 0 Å². The maximum atomic E-state index is 12.7. The number of ether oxygens (including phenoxy) is 2. The van der Waals surface area contributed by atoms with E-state index in [-0.39, 0.29) is 18.3 Å². The number of halogens is 3. The van der Waals surface area contributed by atoms with Crippen molar-refractivity contribution < 1.29 is 27.1 Å². The molecule has 1 saturated heterocycles. The summed E-state index contributed by atoms with van der Waals surface area (Å²) in [6.07, 6.45) is -3.92. The molecular weight excluding hydrogens is 317 g/mol. The molecule has 10 heteroatoms. The van der Waals surface area contributed by atoms with Crippen molar-refractivity contribution in [1.29, 1.82) is 0 Å². The molecule has 1 atom stereocenters. The molecule has 0 radical (unpaired) electrons. The van der Waals surface area contributed by atoms with Crippen LogP contribution in [0.4, 0.5) is 13.2 Å². The Bertz CT molecular complexity index is 689. The highest BCUT2D eigenvalue weighted by Crippen LogP contribution is 2.33. The molecule has 1 fully saturated rings. The van der Waals surface area contributed by atoms with E-state index in [2.05, 4.69) is 15.3 Å². The fourth-order valence-corrected chi connectivity index (χ4v) is 2.40. The average Bonchev–Trinajstić information content (AvgIpc) is 3.19. The zero-order valence-corrected chi connectivity index (χ0v) is 12.6. The number of alkyl halides is 3. The molecule has 2 aromatic heterocycles. The van der Waals surface area contributed by atoms with Gasteiger partial charge in [-0.2, -0.15) is 18.3 Å². The van der Waals surface area contributed by atoms with Crippen LogP contribution in [0.15, 0.2) is 10.5 Å². The minimum atomic E-state index is -4.49. The number of methoxy groups -OCH3 is 1. The molecule has 3 heterocycles. The lowest BCUT2D eigenvalue weighted by Crippen LogP contribution is -2.29. The van der Waals surface area contributed by atoms with Gasteiger partial charge in [0.15, 0.2) is 11.3 Å². The Hall–Kier alpha value is -1.94. The molecule has 3 rings (SSSR count). The fraction of sp³-hybridized carbons (Fsp3) is 0.615. The van der Waals surface area contributed by atoms with Crippen LogP contribution in [-0.2, 0) is 27.8 Å². The molecule has 0 bridgehead atoms. The van der Waals surface area contributed by atoms with Crippen LogP contribution in [0.5, 0.6) is 0 Å². The van der Waals surface area contributed by atoms with Crippen molar-refractivity contribution in [2.24, 2.45) is 0 Å². The summed E-state index contributed by atoms with van der Waals surface area (Å²) in [6, 6.07) is 0.971. The highest BCUT2D eigenvalue weighted by molar-refractivity contribution is 5.12. The van der Waals surface area contributed by atoms with E-state index < -0.39 is 17.5 Å². The Morgan fingerprint density at radius 1 is 1.39 bits per heavy atom. The van der Waals surface area contributed by atoms with Crippen molar-refractivity contribution in [1.82, 2.24) is 20.0 Å². The van der Waals surface area contributed by atoms with Gasteiger partial charge in [-0.15, -0.1) is 10.2 Å². The van der Waals surface area contributed by atoms with Gasteiger partial charge in [-0.25, -0.2) is 0 Å². The topological polar surface area (TPSA) is 75.2 Å². The summed E-state index contributed by atoms with van der Waals surface area (Å²) < 4.78 is 55.4. The molecule has 2 aromatic rings. The highest BCUT2D eigenvalue weighted by Gasteiger charge is 2.42. The van der Waals surface area contributed by atoms with Crippen molar-refractivity contribution in [2.75, 3.05) is 20.3 Å². The van der Waals surface area contributed by atoms with E-state index in [0.717, 1.165) is 6.07 Å². The van der Waals surface area contributed by atoms with E-state index in [9.17, 15) is 13.2 Å². The van der Waals surface area contributed by atoms with Crippen LogP contribution in [0.25, 0.3) is 0 Å². The number of nitrogens with zero attached hydrogens (tertiary/aromatic N) is 4. The van der Waals surface area contributed by atoms with Gasteiger partial charge in [0, 0.05) is 19.2 Å². The summed E-state index contributed by atoms with van der Waals surface area (Å²) in [7, 11) is 1.52. The van der Waals surface area contributed by atoms with Crippen LogP contribution in [0.3, 0.4) is 0 Å². The molecular formula is C13H15F3N4O3. The van der Waals surface area contributed by atoms with Crippen LogP contribution in [0, 0.1) is 6.92 Å². The zero-order chi connectivity index (χ0) is 16.7. The van der Waals surface area contributed by atoms with Crippen molar-refractivity contribution in [2.45, 2.75) is 31.7 Å². The SMILES string of the molecule is COC1(c2nnc(Cn3nc(C(F)(F)F)cc3C)o2)CCOC1. The molecule has 1 unspecified atom stereocenters. The first kappa shape index (κ1) is 15.9. The first-order chi connectivity index (χ1) is 10.8. The van der Waals surface area contributed by atoms with E-state index >= 15 is 0 Å². The third kappa shape index (κ3) is 2.95. The van der Waals surface area contributed by atoms with Crippen LogP contribution in [0.2, 0.25) is 0 Å². The Kier molecular flexibility index (Phi) is 3.88. The number of hydrogen-bond acceptors (Lipinski definition) is 6. The average molecular weight is 332 g/mol. The van der Waals surface area contributed by atoms with Gasteiger partial charge in [0.25, 0.3) is 5.89 Å². The lowest BCUT2D eigenvalue weighted by molar-refractivity contribution is -0.141. The van der Waals surface area contributed by atoms with Gasteiger partial charge in [0.1, 0.15) is 6.54 Å². The summed E-state index contributed by atoms with van der Waals surface area (Å²) in [4.78, 5) is 0. The molecule has 0 amide bonds. The molecule has 0 saturated carbocycles. The van der Waals surface area contributed by atoms with Crippen LogP contribution < -0.4 is 0 Å². The fourth-order valence-electron chi connectivity index (χ4n) is 2.40. The standard InChI is InChI=1S/C13H15F3N4O3/c1-8-5-9(13(14,15)16)19-20(8)6-10-17-18-11(23-10)12(21-2)3-4-22-7-12/h5H,3-4,6-7H2,1-2H3. The summed E-state index contributed by atoms with van der Waals surface area (Å²) >= 11 is 0. The molecule has 0 aromatic carbocycles. The molecule has 0 spiro atoms. The zero-order valence-electron chi connectivity index (χ0n) is 12.6. The predicted molar refractivity (Wildman–Crippen MR) is 69.5 cm³/mol. The normalized spacial score (nSPS) is 22.0. The first-order valence-corrected chi connectivity index (χ1v) is 6.91. The van der Waals surface area contributed by atoms with Crippen molar-refractivity contribution >= 4 is 0 Å². The van der Waals surface area contributed by atoms with Gasteiger partial charge in [-0.3, -0.25) is 4.68 Å². The quantitative estimate of drug-likeness (QED) is 0.851. The molecule has 0 aliphatic carbocycles. The Balaban J connectivity index is 1.81. The summed E-state index contributed by atoms with van der Waals surface area (Å²) in [5, 5.41) is 11.3. The third-order valence-corrected chi connectivity index (χ3v) is 3.79. The van der Waals surface area contributed by atoms with Gasteiger partial charge in [0.05, 0.1) is 13.2 Å². The van der Waals surface area contributed by atoms with E-state index in [1.807, 2.05) is 0 Å². The molecule has 7 nitrogen and oxygen atoms in total. The van der Waals surface area contributed by atoms with Crippen LogP contribution in [-0.4, -0.2) is 40.3 Å². The Morgan fingerprint density at radius 3 is 2.74 bits per heavy atom. The molecule has 1 aliphatic heterocycles. The van der Waals surface area contributed by atoms with Crippen molar-refractivity contribution in [3.63, 3.8) is 0 Å². The van der Waals surface area contributed by atoms with E-state index in [4.69, 9.17) is 13.9 Å². The van der Waals surface area contributed by atoms with E-state index in [1.165, 1.54) is 18.7 Å². The maximum absolute atomic E-state index is 12.7. The lowest BCUT2D eigenvalue weighted by atomic mass is 10.0. The largest absolute Gasteiger partial charge is 0.435 e. The summed E-state index contributed by atoms with van der Waals surface area (Å²) in [5.41, 5.74) is -1.39. The lowest BCUT2D eigenvalue weighted by Gasteiger charge is -2.20. The minimum Gasteiger partial charge on any atom is -0.420 e. The van der Waals surface area contributed by atoms with Gasteiger partial charge < -0.3 is 13.9 Å². The number of aromatic nitrogens is 4. The minimum absolute atomic E-state index is 0.0461. The smallest absolute Gasteiger partial charge is 0.420 e. The highest BCUT2D eigenvalue weighted by atomic mass is 19.4. The molecule has 23 heavy (non-hydrogen) atoms. The Labute approximate surface area is 129 Å². The monoisotopic (exact) mass is 332 g/mol. The first-order valence-electron chi connectivity index (χ1n) is 6.91. The van der Waals surface area contributed by atoms with E-state index in [0.29, 0.717) is 25.3 Å². The second-order valence-corrected chi connectivity index (χ2v) is 5.33. The second-order valence-electron chi connectivity index (χ2n) is 5.33. The van der Waals surface area contributed by atoms with Crippen molar-refractivity contribution in [3.05, 3.63) is 29.2 Å². The summed E-state index contributed by atoms with van der Waals surface area (Å²) in [6.45, 7) is 2.29. The predicted octanol–water partition coefficient (Wildman–Crippen LogP) is 1.90. The van der Waals surface area contributed by atoms with Crippen LogP contribution >= 0.6 is 0 Å². The second kappa shape index (κ2) is 5.60. The maximum Gasteiger partial charge on any atom is 0.435 e. The summed E-state index contributed by atoms with van der Waals surface area (Å²) in [5.74, 6) is 0.414.